The molecule has 2 aromatic rings. The van der Waals surface area contributed by atoms with Crippen LogP contribution in [0.1, 0.15) is 44.4 Å². The molecule has 0 saturated heterocycles. The number of hydrogen-bond donors (Lipinski definition) is 0. The van der Waals surface area contributed by atoms with Crippen LogP contribution in [0.4, 0.5) is 8.78 Å². The number of hydrogen-bond acceptors (Lipinski definition) is 3. The fourth-order valence-electron chi connectivity index (χ4n) is 2.59. The van der Waals surface area contributed by atoms with Crippen molar-refractivity contribution in [1.29, 1.82) is 0 Å². The molecule has 0 radical (unpaired) electrons. The molecule has 0 N–H and O–H groups in total. The summed E-state index contributed by atoms with van der Waals surface area (Å²) in [5.74, 6) is -2.10. The molecular weight excluding hydrogens is 472 g/mol. The van der Waals surface area contributed by atoms with Crippen LogP contribution < -0.4 is 0 Å². The number of esters is 1. The molecule has 26 heavy (non-hydrogen) atoms. The van der Waals surface area contributed by atoms with Crippen molar-refractivity contribution in [3.8, 4) is 0 Å². The van der Waals surface area contributed by atoms with Crippen LogP contribution in [-0.4, -0.2) is 16.6 Å². The molecule has 1 aromatic heterocycles. The summed E-state index contributed by atoms with van der Waals surface area (Å²) >= 11 is 6.79. The predicted molar refractivity (Wildman–Crippen MR) is 103 cm³/mol. The van der Waals surface area contributed by atoms with E-state index in [-0.39, 0.29) is 12.8 Å². The first-order valence-electron chi connectivity index (χ1n) is 8.01. The standard InChI is InChI=1S/C19H19Br2F2NO2/c1-19(2,3)26-17(25)7-12(18-16(21)8-13(20)10-24-18)4-11-5-14(22)9-15(23)6-11/h5-6,8-10,12H,4,7H2,1-3H3/t12-/m1/s1. The molecule has 1 heterocycles. The molecule has 140 valence electrons. The lowest BCUT2D eigenvalue weighted by Gasteiger charge is -2.23. The van der Waals surface area contributed by atoms with Gasteiger partial charge in [0.15, 0.2) is 0 Å². The largest absolute Gasteiger partial charge is 0.460 e. The van der Waals surface area contributed by atoms with Crippen molar-refractivity contribution in [2.45, 2.75) is 45.1 Å². The maximum atomic E-state index is 13.5. The molecule has 0 aliphatic heterocycles. The van der Waals surface area contributed by atoms with Crippen LogP contribution in [-0.2, 0) is 16.0 Å². The Morgan fingerprint density at radius 1 is 1.15 bits per heavy atom. The zero-order chi connectivity index (χ0) is 19.5. The Labute approximate surface area is 168 Å². The van der Waals surface area contributed by atoms with Crippen LogP contribution in [0.25, 0.3) is 0 Å². The first-order chi connectivity index (χ1) is 12.0. The Morgan fingerprint density at radius 2 is 1.77 bits per heavy atom. The third kappa shape index (κ3) is 6.43. The predicted octanol–water partition coefficient (Wildman–Crippen LogP) is 5.94. The van der Waals surface area contributed by atoms with Crippen LogP contribution in [0.2, 0.25) is 0 Å². The second-order valence-corrected chi connectivity index (χ2v) is 8.76. The number of ether oxygens (including phenoxy) is 1. The average Bonchev–Trinajstić information content (AvgIpc) is 2.43. The number of nitrogens with zero attached hydrogens (tertiary/aromatic N) is 1. The number of pyridine rings is 1. The summed E-state index contributed by atoms with van der Waals surface area (Å²) in [6.07, 6.45) is 1.91. The maximum Gasteiger partial charge on any atom is 0.306 e. The number of halogens is 4. The van der Waals surface area contributed by atoms with Gasteiger partial charge in [-0.3, -0.25) is 9.78 Å². The molecule has 0 unspecified atom stereocenters. The topological polar surface area (TPSA) is 39.2 Å². The van der Waals surface area contributed by atoms with Crippen molar-refractivity contribution in [3.63, 3.8) is 0 Å². The van der Waals surface area contributed by atoms with Crippen LogP contribution in [0.3, 0.4) is 0 Å². The van der Waals surface area contributed by atoms with Crippen molar-refractivity contribution >= 4 is 37.8 Å². The van der Waals surface area contributed by atoms with Crippen LogP contribution in [0, 0.1) is 11.6 Å². The number of carbonyl (C=O) groups excluding carboxylic acids is 1. The van der Waals surface area contributed by atoms with E-state index in [1.54, 1.807) is 27.0 Å². The van der Waals surface area contributed by atoms with Gasteiger partial charge in [-0.15, -0.1) is 0 Å². The third-order valence-corrected chi connectivity index (χ3v) is 4.53. The molecule has 7 heteroatoms. The Balaban J connectivity index is 2.33. The van der Waals surface area contributed by atoms with Crippen molar-refractivity contribution in [1.82, 2.24) is 4.98 Å². The zero-order valence-electron chi connectivity index (χ0n) is 14.7. The second kappa shape index (κ2) is 8.57. The van der Waals surface area contributed by atoms with Gasteiger partial charge in [-0.05, 0) is 82.8 Å². The lowest BCUT2D eigenvalue weighted by molar-refractivity contribution is -0.155. The van der Waals surface area contributed by atoms with Gasteiger partial charge < -0.3 is 4.74 Å². The van der Waals surface area contributed by atoms with Gasteiger partial charge >= 0.3 is 5.97 Å². The number of benzene rings is 1. The maximum absolute atomic E-state index is 13.5. The molecule has 0 bridgehead atoms. The first kappa shape index (κ1) is 21.0. The minimum Gasteiger partial charge on any atom is -0.460 e. The van der Waals surface area contributed by atoms with E-state index >= 15 is 0 Å². The van der Waals surface area contributed by atoms with E-state index in [4.69, 9.17) is 4.74 Å². The number of rotatable bonds is 5. The quantitative estimate of drug-likeness (QED) is 0.486. The number of carbonyl (C=O) groups is 1. The lowest BCUT2D eigenvalue weighted by Crippen LogP contribution is -2.25. The van der Waals surface area contributed by atoms with E-state index in [9.17, 15) is 13.6 Å². The SMILES string of the molecule is CC(C)(C)OC(=O)C[C@@H](Cc1cc(F)cc(F)c1)c1ncc(Br)cc1Br. The molecule has 0 aliphatic rings. The van der Waals surface area contributed by atoms with E-state index in [0.717, 1.165) is 10.5 Å². The smallest absolute Gasteiger partial charge is 0.306 e. The molecule has 0 fully saturated rings. The molecule has 0 saturated carbocycles. The van der Waals surface area contributed by atoms with Crippen LogP contribution in [0.5, 0.6) is 0 Å². The van der Waals surface area contributed by atoms with Gasteiger partial charge in [0.2, 0.25) is 0 Å². The Morgan fingerprint density at radius 3 is 2.31 bits per heavy atom. The molecule has 1 atom stereocenters. The van der Waals surface area contributed by atoms with Crippen molar-refractivity contribution in [3.05, 3.63) is 62.3 Å². The monoisotopic (exact) mass is 489 g/mol. The van der Waals surface area contributed by atoms with Gasteiger partial charge in [0.25, 0.3) is 0 Å². The summed E-state index contributed by atoms with van der Waals surface area (Å²) in [7, 11) is 0. The third-order valence-electron chi connectivity index (χ3n) is 3.46. The van der Waals surface area contributed by atoms with E-state index in [2.05, 4.69) is 36.8 Å². The molecule has 3 nitrogen and oxygen atoms in total. The molecule has 1 aromatic carbocycles. The minimum absolute atomic E-state index is 0.0443. The summed E-state index contributed by atoms with van der Waals surface area (Å²) in [4.78, 5) is 16.7. The summed E-state index contributed by atoms with van der Waals surface area (Å²) in [5, 5.41) is 0. The number of aromatic nitrogens is 1. The Kier molecular flexibility index (Phi) is 6.91. The van der Waals surface area contributed by atoms with E-state index in [1.165, 1.54) is 12.1 Å². The average molecular weight is 491 g/mol. The van der Waals surface area contributed by atoms with Crippen molar-refractivity contribution in [2.75, 3.05) is 0 Å². The van der Waals surface area contributed by atoms with Crippen molar-refractivity contribution in [2.24, 2.45) is 0 Å². The fourth-order valence-corrected chi connectivity index (χ4v) is 3.90. The Hall–Kier alpha value is -1.34. The van der Waals surface area contributed by atoms with E-state index in [1.807, 2.05) is 6.07 Å². The molecular formula is C19H19Br2F2NO2. The highest BCUT2D eigenvalue weighted by molar-refractivity contribution is 9.11. The first-order valence-corrected chi connectivity index (χ1v) is 9.60. The minimum atomic E-state index is -0.654. The second-order valence-electron chi connectivity index (χ2n) is 6.99. The molecule has 0 aliphatic carbocycles. The van der Waals surface area contributed by atoms with Gasteiger partial charge in [-0.25, -0.2) is 8.78 Å². The zero-order valence-corrected chi connectivity index (χ0v) is 17.8. The van der Waals surface area contributed by atoms with Crippen LogP contribution in [0.15, 0.2) is 39.4 Å². The molecule has 2 rings (SSSR count). The molecule has 0 amide bonds. The highest BCUT2D eigenvalue weighted by Gasteiger charge is 2.25. The highest BCUT2D eigenvalue weighted by Crippen LogP contribution is 2.31. The summed E-state index contributed by atoms with van der Waals surface area (Å²) in [6, 6.07) is 5.16. The fraction of sp³-hybridized carbons (Fsp3) is 0.368. The van der Waals surface area contributed by atoms with Gasteiger partial charge in [-0.2, -0.15) is 0 Å². The highest BCUT2D eigenvalue weighted by atomic mass is 79.9. The summed E-state index contributed by atoms with van der Waals surface area (Å²) in [6.45, 7) is 5.36. The van der Waals surface area contributed by atoms with Gasteiger partial charge in [-0.1, -0.05) is 0 Å². The van der Waals surface area contributed by atoms with Gasteiger partial charge in [0.05, 0.1) is 12.1 Å². The lowest BCUT2D eigenvalue weighted by atomic mass is 9.92. The van der Waals surface area contributed by atoms with Crippen molar-refractivity contribution < 1.29 is 18.3 Å². The van der Waals surface area contributed by atoms with Gasteiger partial charge in [0.1, 0.15) is 17.2 Å². The summed E-state index contributed by atoms with van der Waals surface area (Å²) in [5.41, 5.74) is 0.466. The van der Waals surface area contributed by atoms with E-state index in [0.29, 0.717) is 15.7 Å². The van der Waals surface area contributed by atoms with Gasteiger partial charge in [0, 0.05) is 27.1 Å². The molecule has 0 spiro atoms. The normalized spacial score (nSPS) is 12.7. The Bertz CT molecular complexity index is 786. The van der Waals surface area contributed by atoms with Crippen LogP contribution >= 0.6 is 31.9 Å². The summed E-state index contributed by atoms with van der Waals surface area (Å²) < 4.78 is 34.0. The van der Waals surface area contributed by atoms with E-state index < -0.39 is 29.1 Å².